The molecule has 1 heterocycles. The Kier molecular flexibility index (Phi) is 4.07. The van der Waals surface area contributed by atoms with E-state index in [9.17, 15) is 4.39 Å². The summed E-state index contributed by atoms with van der Waals surface area (Å²) in [6.45, 7) is 5.35. The Labute approximate surface area is 108 Å². The molecule has 1 saturated heterocycles. The molecule has 0 aromatic heterocycles. The highest BCUT2D eigenvalue weighted by atomic mass is 19.1. The molecule has 0 radical (unpaired) electrons. The number of nitrogens with zero attached hydrogens (tertiary/aromatic N) is 2. The van der Waals surface area contributed by atoms with Crippen molar-refractivity contribution in [3.63, 3.8) is 0 Å². The van der Waals surface area contributed by atoms with Crippen molar-refractivity contribution < 1.29 is 4.39 Å². The third-order valence-corrected chi connectivity index (χ3v) is 3.83. The van der Waals surface area contributed by atoms with Crippen molar-refractivity contribution in [2.75, 3.05) is 37.3 Å². The Morgan fingerprint density at radius 2 is 2.28 bits per heavy atom. The van der Waals surface area contributed by atoms with Gasteiger partial charge in [-0.1, -0.05) is 13.0 Å². The van der Waals surface area contributed by atoms with Gasteiger partial charge in [-0.25, -0.2) is 4.39 Å². The Hall–Kier alpha value is -1.29. The smallest absolute Gasteiger partial charge is 0.148 e. The lowest BCUT2D eigenvalue weighted by Gasteiger charge is -2.29. The van der Waals surface area contributed by atoms with E-state index < -0.39 is 0 Å². The first kappa shape index (κ1) is 13.1. The number of rotatable bonds is 4. The van der Waals surface area contributed by atoms with Crippen molar-refractivity contribution >= 4 is 11.4 Å². The van der Waals surface area contributed by atoms with Crippen LogP contribution >= 0.6 is 0 Å². The molecule has 1 unspecified atom stereocenters. The van der Waals surface area contributed by atoms with Crippen LogP contribution in [0.1, 0.15) is 19.8 Å². The fraction of sp³-hybridized carbons (Fsp3) is 0.571. The van der Waals surface area contributed by atoms with E-state index in [1.54, 1.807) is 6.07 Å². The summed E-state index contributed by atoms with van der Waals surface area (Å²) in [6, 6.07) is 5.55. The Bertz CT molecular complexity index is 408. The second kappa shape index (κ2) is 5.57. The Balaban J connectivity index is 2.07. The van der Waals surface area contributed by atoms with Gasteiger partial charge in [0.15, 0.2) is 0 Å². The number of para-hydroxylation sites is 1. The SMILES string of the molecule is CCN1CCCC1CN(C)c1cccc(F)c1N. The zero-order valence-electron chi connectivity index (χ0n) is 11.2. The highest BCUT2D eigenvalue weighted by Gasteiger charge is 2.24. The van der Waals surface area contributed by atoms with Gasteiger partial charge in [0.25, 0.3) is 0 Å². The molecule has 2 N–H and O–H groups in total. The van der Waals surface area contributed by atoms with E-state index in [1.807, 2.05) is 13.1 Å². The molecule has 0 amide bonds. The van der Waals surface area contributed by atoms with Crippen molar-refractivity contribution in [2.24, 2.45) is 0 Å². The molecule has 2 rings (SSSR count). The van der Waals surface area contributed by atoms with Crippen LogP contribution in [0, 0.1) is 5.82 Å². The molecule has 0 saturated carbocycles. The van der Waals surface area contributed by atoms with Crippen molar-refractivity contribution in [3.8, 4) is 0 Å². The van der Waals surface area contributed by atoms with Gasteiger partial charge >= 0.3 is 0 Å². The molecule has 0 aliphatic carbocycles. The van der Waals surface area contributed by atoms with Crippen LogP contribution < -0.4 is 10.6 Å². The van der Waals surface area contributed by atoms with Gasteiger partial charge in [-0.15, -0.1) is 0 Å². The molecule has 1 aromatic rings. The third kappa shape index (κ3) is 2.58. The minimum atomic E-state index is -0.335. The molecule has 18 heavy (non-hydrogen) atoms. The maximum Gasteiger partial charge on any atom is 0.148 e. The van der Waals surface area contributed by atoms with Gasteiger partial charge in [0, 0.05) is 19.6 Å². The predicted molar refractivity (Wildman–Crippen MR) is 74.4 cm³/mol. The summed E-state index contributed by atoms with van der Waals surface area (Å²) in [6.07, 6.45) is 2.47. The van der Waals surface area contributed by atoms with Crippen LogP contribution in [0.3, 0.4) is 0 Å². The van der Waals surface area contributed by atoms with Crippen LogP contribution in [0.4, 0.5) is 15.8 Å². The summed E-state index contributed by atoms with van der Waals surface area (Å²) in [5.41, 5.74) is 6.84. The molecule has 1 aromatic carbocycles. The lowest BCUT2D eigenvalue weighted by molar-refractivity contribution is 0.270. The lowest BCUT2D eigenvalue weighted by atomic mass is 10.2. The van der Waals surface area contributed by atoms with Crippen LogP contribution in [0.2, 0.25) is 0 Å². The van der Waals surface area contributed by atoms with Crippen LogP contribution in [-0.4, -0.2) is 37.6 Å². The minimum absolute atomic E-state index is 0.251. The van der Waals surface area contributed by atoms with Crippen molar-refractivity contribution in [3.05, 3.63) is 24.0 Å². The predicted octanol–water partition coefficient (Wildman–Crippen LogP) is 2.33. The second-order valence-corrected chi connectivity index (χ2v) is 4.98. The number of hydrogen-bond acceptors (Lipinski definition) is 3. The van der Waals surface area contributed by atoms with E-state index in [0.717, 1.165) is 18.8 Å². The number of halogens is 1. The summed E-state index contributed by atoms with van der Waals surface area (Å²) >= 11 is 0. The van der Waals surface area contributed by atoms with Crippen molar-refractivity contribution in [1.29, 1.82) is 0 Å². The second-order valence-electron chi connectivity index (χ2n) is 4.98. The average molecular weight is 251 g/mol. The minimum Gasteiger partial charge on any atom is -0.395 e. The van der Waals surface area contributed by atoms with Gasteiger partial charge in [-0.3, -0.25) is 4.90 Å². The number of likely N-dealkylation sites (tertiary alicyclic amines) is 1. The number of benzene rings is 1. The van der Waals surface area contributed by atoms with Gasteiger partial charge in [0.1, 0.15) is 5.82 Å². The normalized spacial score (nSPS) is 20.3. The maximum atomic E-state index is 13.4. The molecular weight excluding hydrogens is 229 g/mol. The summed E-state index contributed by atoms with van der Waals surface area (Å²) in [4.78, 5) is 4.54. The average Bonchev–Trinajstić information content (AvgIpc) is 2.79. The summed E-state index contributed by atoms with van der Waals surface area (Å²) in [7, 11) is 1.98. The fourth-order valence-corrected chi connectivity index (χ4v) is 2.79. The first-order valence-electron chi connectivity index (χ1n) is 6.62. The first-order valence-corrected chi connectivity index (χ1v) is 6.62. The quantitative estimate of drug-likeness (QED) is 0.834. The molecule has 1 aliphatic heterocycles. The monoisotopic (exact) mass is 251 g/mol. The molecular formula is C14H22FN3. The van der Waals surface area contributed by atoms with Crippen molar-refractivity contribution in [2.45, 2.75) is 25.8 Å². The molecule has 3 nitrogen and oxygen atoms in total. The van der Waals surface area contributed by atoms with E-state index in [0.29, 0.717) is 6.04 Å². The van der Waals surface area contributed by atoms with E-state index in [1.165, 1.54) is 25.5 Å². The number of anilines is 2. The van der Waals surface area contributed by atoms with E-state index in [-0.39, 0.29) is 11.5 Å². The number of nitrogen functional groups attached to an aromatic ring is 1. The number of nitrogens with two attached hydrogens (primary N) is 1. The highest BCUT2D eigenvalue weighted by Crippen LogP contribution is 2.26. The van der Waals surface area contributed by atoms with Crippen molar-refractivity contribution in [1.82, 2.24) is 4.90 Å². The largest absolute Gasteiger partial charge is 0.395 e. The molecule has 1 aliphatic rings. The molecule has 0 bridgehead atoms. The summed E-state index contributed by atoms with van der Waals surface area (Å²) in [5, 5.41) is 0. The van der Waals surface area contributed by atoms with Crippen LogP contribution in [0.15, 0.2) is 18.2 Å². The van der Waals surface area contributed by atoms with Gasteiger partial charge in [-0.2, -0.15) is 0 Å². The van der Waals surface area contributed by atoms with E-state index in [4.69, 9.17) is 5.73 Å². The van der Waals surface area contributed by atoms with Gasteiger partial charge < -0.3 is 10.6 Å². The third-order valence-electron chi connectivity index (χ3n) is 3.83. The Morgan fingerprint density at radius 3 is 3.00 bits per heavy atom. The maximum absolute atomic E-state index is 13.4. The van der Waals surface area contributed by atoms with Gasteiger partial charge in [0.2, 0.25) is 0 Å². The lowest BCUT2D eigenvalue weighted by Crippen LogP contribution is -2.39. The van der Waals surface area contributed by atoms with Crippen LogP contribution in [0.5, 0.6) is 0 Å². The van der Waals surface area contributed by atoms with E-state index in [2.05, 4.69) is 16.7 Å². The topological polar surface area (TPSA) is 32.5 Å². The standard InChI is InChI=1S/C14H22FN3/c1-3-18-9-5-6-11(18)10-17(2)13-8-4-7-12(15)14(13)16/h4,7-8,11H,3,5-6,9-10,16H2,1-2H3. The van der Waals surface area contributed by atoms with Gasteiger partial charge in [-0.05, 0) is 38.1 Å². The molecule has 0 spiro atoms. The van der Waals surface area contributed by atoms with Crippen LogP contribution in [0.25, 0.3) is 0 Å². The highest BCUT2D eigenvalue weighted by molar-refractivity contribution is 5.67. The molecule has 1 atom stereocenters. The molecule has 1 fully saturated rings. The summed E-state index contributed by atoms with van der Waals surface area (Å²) < 4.78 is 13.4. The molecule has 4 heteroatoms. The Morgan fingerprint density at radius 1 is 1.50 bits per heavy atom. The van der Waals surface area contributed by atoms with E-state index >= 15 is 0 Å². The number of hydrogen-bond donors (Lipinski definition) is 1. The van der Waals surface area contributed by atoms with Gasteiger partial charge in [0.05, 0.1) is 11.4 Å². The molecule has 100 valence electrons. The fourth-order valence-electron chi connectivity index (χ4n) is 2.79. The zero-order valence-corrected chi connectivity index (χ0v) is 11.2. The first-order chi connectivity index (χ1) is 8.63. The van der Waals surface area contributed by atoms with Crippen LogP contribution in [-0.2, 0) is 0 Å². The number of likely N-dealkylation sites (N-methyl/N-ethyl adjacent to an activating group) is 2. The summed E-state index contributed by atoms with van der Waals surface area (Å²) in [5.74, 6) is -0.335. The zero-order chi connectivity index (χ0) is 13.1.